The largest absolute Gasteiger partial charge is 0.374 e. The van der Waals surface area contributed by atoms with Crippen molar-refractivity contribution < 1.29 is 14.6 Å². The van der Waals surface area contributed by atoms with Crippen molar-refractivity contribution in [2.75, 3.05) is 5.43 Å². The van der Waals surface area contributed by atoms with Gasteiger partial charge in [0.05, 0.1) is 28.6 Å². The minimum Gasteiger partial charge on any atom is -0.374 e. The second-order valence-electron chi connectivity index (χ2n) is 6.50. The van der Waals surface area contributed by atoms with E-state index in [1.807, 2.05) is 30.3 Å². The van der Waals surface area contributed by atoms with E-state index in [-0.39, 0.29) is 23.2 Å². The minimum absolute atomic E-state index is 0.130. The van der Waals surface area contributed by atoms with Crippen molar-refractivity contribution in [3.8, 4) is 0 Å². The number of nitro benzene ring substituents is 2. The SMILES string of the molecule is O=[N+]([O-])c1ccc(NN=C2CCC(OCc3ccccc3)CC2)c([N+](=O)[O-])c1. The lowest BCUT2D eigenvalue weighted by atomic mass is 9.96. The van der Waals surface area contributed by atoms with Gasteiger partial charge in [-0.1, -0.05) is 30.3 Å². The number of hydrogen-bond donors (Lipinski definition) is 1. The molecule has 146 valence electrons. The molecule has 1 aliphatic carbocycles. The van der Waals surface area contributed by atoms with E-state index in [1.165, 1.54) is 12.1 Å². The molecule has 0 bridgehead atoms. The maximum atomic E-state index is 11.2. The first kappa shape index (κ1) is 19.4. The second-order valence-corrected chi connectivity index (χ2v) is 6.50. The second kappa shape index (κ2) is 9.05. The van der Waals surface area contributed by atoms with Gasteiger partial charge in [-0.05, 0) is 37.3 Å². The van der Waals surface area contributed by atoms with Crippen molar-refractivity contribution in [3.63, 3.8) is 0 Å². The zero-order valence-corrected chi connectivity index (χ0v) is 15.1. The first-order chi connectivity index (χ1) is 13.5. The zero-order valence-electron chi connectivity index (χ0n) is 15.1. The van der Waals surface area contributed by atoms with E-state index in [4.69, 9.17) is 4.74 Å². The maximum Gasteiger partial charge on any atom is 0.301 e. The number of nitrogens with one attached hydrogen (secondary N) is 1. The predicted molar refractivity (Wildman–Crippen MR) is 104 cm³/mol. The van der Waals surface area contributed by atoms with Gasteiger partial charge in [-0.2, -0.15) is 5.10 Å². The normalized spacial score (nSPS) is 16.4. The van der Waals surface area contributed by atoms with Crippen molar-refractivity contribution in [3.05, 3.63) is 74.3 Å². The van der Waals surface area contributed by atoms with Gasteiger partial charge in [-0.3, -0.25) is 25.7 Å². The fourth-order valence-corrected chi connectivity index (χ4v) is 3.01. The van der Waals surface area contributed by atoms with Crippen LogP contribution in [0.25, 0.3) is 0 Å². The number of rotatable bonds is 7. The Bertz CT molecular complexity index is 875. The Kier molecular flexibility index (Phi) is 6.28. The summed E-state index contributed by atoms with van der Waals surface area (Å²) in [7, 11) is 0. The van der Waals surface area contributed by atoms with Crippen LogP contribution in [-0.4, -0.2) is 21.7 Å². The average Bonchev–Trinajstić information content (AvgIpc) is 2.72. The molecule has 28 heavy (non-hydrogen) atoms. The number of ether oxygens (including phenoxy) is 1. The Morgan fingerprint density at radius 2 is 1.75 bits per heavy atom. The molecule has 2 aromatic carbocycles. The van der Waals surface area contributed by atoms with Gasteiger partial charge in [0, 0.05) is 11.8 Å². The smallest absolute Gasteiger partial charge is 0.301 e. The standard InChI is InChI=1S/C19H20N4O5/c24-22(25)16-8-11-18(19(12-16)23(26)27)21-20-15-6-9-17(10-7-15)28-13-14-4-2-1-3-5-14/h1-5,8,11-12,17,21H,6-7,9-10,13H2. The van der Waals surface area contributed by atoms with Crippen molar-refractivity contribution in [2.45, 2.75) is 38.4 Å². The van der Waals surface area contributed by atoms with E-state index in [0.717, 1.165) is 43.0 Å². The summed E-state index contributed by atoms with van der Waals surface area (Å²) in [5.41, 5.74) is 4.14. The average molecular weight is 384 g/mol. The lowest BCUT2D eigenvalue weighted by molar-refractivity contribution is -0.393. The van der Waals surface area contributed by atoms with Crippen LogP contribution in [0.4, 0.5) is 17.1 Å². The number of hydrazone groups is 1. The van der Waals surface area contributed by atoms with E-state index >= 15 is 0 Å². The van der Waals surface area contributed by atoms with Gasteiger partial charge in [-0.15, -0.1) is 0 Å². The van der Waals surface area contributed by atoms with Crippen LogP contribution in [-0.2, 0) is 11.3 Å². The predicted octanol–water partition coefficient (Wildman–Crippen LogP) is 4.43. The molecule has 0 aromatic heterocycles. The van der Waals surface area contributed by atoms with Gasteiger partial charge in [0.2, 0.25) is 0 Å². The Morgan fingerprint density at radius 1 is 1.04 bits per heavy atom. The molecule has 2 aromatic rings. The molecule has 0 saturated heterocycles. The lowest BCUT2D eigenvalue weighted by Crippen LogP contribution is -2.22. The third-order valence-electron chi connectivity index (χ3n) is 4.56. The fraction of sp³-hybridized carbons (Fsp3) is 0.316. The summed E-state index contributed by atoms with van der Waals surface area (Å²) in [4.78, 5) is 20.6. The van der Waals surface area contributed by atoms with E-state index in [2.05, 4.69) is 10.5 Å². The number of non-ortho nitro benzene ring substituents is 1. The summed E-state index contributed by atoms with van der Waals surface area (Å²) in [6.07, 6.45) is 3.28. The summed E-state index contributed by atoms with van der Waals surface area (Å²) in [5.74, 6) is 0. The van der Waals surface area contributed by atoms with Gasteiger partial charge in [0.15, 0.2) is 0 Å². The van der Waals surface area contributed by atoms with Crippen molar-refractivity contribution in [1.29, 1.82) is 0 Å². The zero-order chi connectivity index (χ0) is 19.9. The summed E-state index contributed by atoms with van der Waals surface area (Å²) in [6.45, 7) is 0.575. The van der Waals surface area contributed by atoms with Crippen LogP contribution in [0.2, 0.25) is 0 Å². The Hall–Kier alpha value is -3.33. The summed E-state index contributed by atoms with van der Waals surface area (Å²) in [6, 6.07) is 13.4. The summed E-state index contributed by atoms with van der Waals surface area (Å²) in [5, 5.41) is 26.2. The molecule has 0 spiro atoms. The molecule has 0 atom stereocenters. The van der Waals surface area contributed by atoms with Gasteiger partial charge in [0.25, 0.3) is 5.69 Å². The molecule has 1 fully saturated rings. The monoisotopic (exact) mass is 384 g/mol. The van der Waals surface area contributed by atoms with Crippen LogP contribution in [0.15, 0.2) is 53.6 Å². The molecule has 9 heteroatoms. The molecule has 1 aliphatic rings. The molecule has 3 rings (SSSR count). The topological polar surface area (TPSA) is 120 Å². The molecule has 0 aliphatic heterocycles. The van der Waals surface area contributed by atoms with Gasteiger partial charge < -0.3 is 4.74 Å². The van der Waals surface area contributed by atoms with Crippen LogP contribution >= 0.6 is 0 Å². The maximum absolute atomic E-state index is 11.2. The number of nitro groups is 2. The highest BCUT2D eigenvalue weighted by Gasteiger charge is 2.21. The van der Waals surface area contributed by atoms with Gasteiger partial charge in [-0.25, -0.2) is 0 Å². The van der Waals surface area contributed by atoms with Crippen LogP contribution in [0, 0.1) is 20.2 Å². The molecule has 0 unspecified atom stereocenters. The highest BCUT2D eigenvalue weighted by atomic mass is 16.6. The number of nitrogens with zero attached hydrogens (tertiary/aromatic N) is 3. The molecule has 1 saturated carbocycles. The number of benzene rings is 2. The molecule has 9 nitrogen and oxygen atoms in total. The molecule has 0 radical (unpaired) electrons. The fourth-order valence-electron chi connectivity index (χ4n) is 3.01. The summed E-state index contributed by atoms with van der Waals surface area (Å²) < 4.78 is 5.94. The first-order valence-electron chi connectivity index (χ1n) is 8.92. The van der Waals surface area contributed by atoms with Crippen molar-refractivity contribution in [1.82, 2.24) is 0 Å². The lowest BCUT2D eigenvalue weighted by Gasteiger charge is -2.23. The highest BCUT2D eigenvalue weighted by molar-refractivity contribution is 5.86. The van der Waals surface area contributed by atoms with Crippen LogP contribution in [0.1, 0.15) is 31.2 Å². The van der Waals surface area contributed by atoms with E-state index in [0.29, 0.717) is 6.61 Å². The third kappa shape index (κ3) is 5.10. The van der Waals surface area contributed by atoms with Crippen LogP contribution < -0.4 is 5.43 Å². The minimum atomic E-state index is -0.667. The highest BCUT2D eigenvalue weighted by Crippen LogP contribution is 2.29. The Labute approximate surface area is 161 Å². The first-order valence-corrected chi connectivity index (χ1v) is 8.92. The number of hydrogen-bond acceptors (Lipinski definition) is 7. The van der Waals surface area contributed by atoms with Gasteiger partial charge >= 0.3 is 5.69 Å². The number of anilines is 1. The third-order valence-corrected chi connectivity index (χ3v) is 4.56. The molecule has 1 N–H and O–H groups in total. The van der Waals surface area contributed by atoms with E-state index < -0.39 is 9.85 Å². The van der Waals surface area contributed by atoms with Crippen LogP contribution in [0.5, 0.6) is 0 Å². The Balaban J connectivity index is 1.55. The van der Waals surface area contributed by atoms with Gasteiger partial charge in [0.1, 0.15) is 5.69 Å². The Morgan fingerprint density at radius 3 is 2.39 bits per heavy atom. The summed E-state index contributed by atoms with van der Waals surface area (Å²) >= 11 is 0. The van der Waals surface area contributed by atoms with E-state index in [1.54, 1.807) is 0 Å². The van der Waals surface area contributed by atoms with Crippen molar-refractivity contribution in [2.24, 2.45) is 5.10 Å². The van der Waals surface area contributed by atoms with Crippen molar-refractivity contribution >= 4 is 22.8 Å². The van der Waals surface area contributed by atoms with E-state index in [9.17, 15) is 20.2 Å². The molecular weight excluding hydrogens is 364 g/mol. The quantitative estimate of drug-likeness (QED) is 0.557. The molecular formula is C19H20N4O5. The molecule has 0 amide bonds. The van der Waals surface area contributed by atoms with Crippen LogP contribution in [0.3, 0.4) is 0 Å². The molecule has 0 heterocycles.